The van der Waals surface area contributed by atoms with E-state index >= 15 is 0 Å². The first-order valence-corrected chi connectivity index (χ1v) is 6.65. The first kappa shape index (κ1) is 14.2. The number of carbonyl (C=O) groups is 1. The molecule has 0 spiro atoms. The number of carbonyl (C=O) groups excluding carboxylic acids is 1. The zero-order valence-corrected chi connectivity index (χ0v) is 11.3. The van der Waals surface area contributed by atoms with Crippen molar-refractivity contribution < 1.29 is 9.90 Å². The van der Waals surface area contributed by atoms with Gasteiger partial charge in [-0.25, -0.2) is 0 Å². The number of hydrogen-bond acceptors (Lipinski definition) is 2. The van der Waals surface area contributed by atoms with Gasteiger partial charge in [-0.05, 0) is 23.3 Å². The Bertz CT molecular complexity index is 517. The third-order valence-electron chi connectivity index (χ3n) is 3.19. The van der Waals surface area contributed by atoms with Gasteiger partial charge in [0.05, 0.1) is 5.60 Å². The molecule has 2 aromatic carbocycles. The van der Waals surface area contributed by atoms with E-state index < -0.39 is 5.60 Å². The van der Waals surface area contributed by atoms with Crippen molar-refractivity contribution in [1.82, 2.24) is 0 Å². The second-order valence-electron chi connectivity index (χ2n) is 4.92. The monoisotopic (exact) mass is 266 g/mol. The van der Waals surface area contributed by atoms with Crippen LogP contribution in [0.5, 0.6) is 0 Å². The van der Waals surface area contributed by atoms with Crippen LogP contribution in [0.1, 0.15) is 11.1 Å². The summed E-state index contributed by atoms with van der Waals surface area (Å²) < 4.78 is 0. The Morgan fingerprint density at radius 3 is 1.70 bits per heavy atom. The van der Waals surface area contributed by atoms with Gasteiger partial charge >= 0.3 is 0 Å². The second kappa shape index (κ2) is 6.83. The molecule has 2 nitrogen and oxygen atoms in total. The van der Waals surface area contributed by atoms with Gasteiger partial charge in [-0.15, -0.1) is 0 Å². The van der Waals surface area contributed by atoms with Crippen LogP contribution >= 0.6 is 0 Å². The van der Waals surface area contributed by atoms with Crippen molar-refractivity contribution in [3.8, 4) is 0 Å². The average Bonchev–Trinajstić information content (AvgIpc) is 2.47. The standard InChI is InChI=1S/C18H18O2/c19-13-7-12-18(20,14-16-8-3-1-4-9-16)15-17-10-5-2-6-11-17/h1-13,20H,14-15H2/b12-7+. The highest BCUT2D eigenvalue weighted by Gasteiger charge is 2.24. The molecular formula is C18H18O2. The number of hydrogen-bond donors (Lipinski definition) is 1. The molecule has 0 heterocycles. The topological polar surface area (TPSA) is 37.3 Å². The Morgan fingerprint density at radius 1 is 0.850 bits per heavy atom. The van der Waals surface area contributed by atoms with Gasteiger partial charge in [-0.1, -0.05) is 60.7 Å². The lowest BCUT2D eigenvalue weighted by atomic mass is 9.87. The quantitative estimate of drug-likeness (QED) is 0.644. The summed E-state index contributed by atoms with van der Waals surface area (Å²) in [7, 11) is 0. The fourth-order valence-electron chi connectivity index (χ4n) is 2.30. The van der Waals surface area contributed by atoms with E-state index in [9.17, 15) is 9.90 Å². The van der Waals surface area contributed by atoms with E-state index in [-0.39, 0.29) is 0 Å². The summed E-state index contributed by atoms with van der Waals surface area (Å²) in [6.07, 6.45) is 4.60. The van der Waals surface area contributed by atoms with Crippen LogP contribution in [0.15, 0.2) is 72.8 Å². The molecule has 0 aromatic heterocycles. The molecule has 0 fully saturated rings. The lowest BCUT2D eigenvalue weighted by molar-refractivity contribution is -0.104. The molecule has 20 heavy (non-hydrogen) atoms. The highest BCUT2D eigenvalue weighted by Crippen LogP contribution is 2.20. The van der Waals surface area contributed by atoms with Crippen LogP contribution in [-0.4, -0.2) is 17.0 Å². The minimum absolute atomic E-state index is 0.479. The third-order valence-corrected chi connectivity index (χ3v) is 3.19. The molecule has 0 unspecified atom stereocenters. The van der Waals surface area contributed by atoms with Gasteiger partial charge in [0.1, 0.15) is 6.29 Å². The van der Waals surface area contributed by atoms with E-state index in [2.05, 4.69) is 0 Å². The van der Waals surface area contributed by atoms with E-state index in [0.29, 0.717) is 19.1 Å². The Balaban J connectivity index is 2.21. The lowest BCUT2D eigenvalue weighted by Gasteiger charge is -2.25. The maximum Gasteiger partial charge on any atom is 0.142 e. The van der Waals surface area contributed by atoms with Gasteiger partial charge in [0.25, 0.3) is 0 Å². The molecule has 2 rings (SSSR count). The highest BCUT2D eigenvalue weighted by molar-refractivity contribution is 5.65. The molecule has 2 heteroatoms. The van der Waals surface area contributed by atoms with Crippen LogP contribution < -0.4 is 0 Å². The summed E-state index contributed by atoms with van der Waals surface area (Å²) in [4.78, 5) is 10.6. The lowest BCUT2D eigenvalue weighted by Crippen LogP contribution is -2.31. The Labute approximate surface area is 119 Å². The van der Waals surface area contributed by atoms with E-state index in [1.165, 1.54) is 6.08 Å². The van der Waals surface area contributed by atoms with E-state index in [0.717, 1.165) is 11.1 Å². The molecule has 0 atom stereocenters. The second-order valence-corrected chi connectivity index (χ2v) is 4.92. The Morgan fingerprint density at radius 2 is 1.30 bits per heavy atom. The molecule has 0 aliphatic carbocycles. The van der Waals surface area contributed by atoms with Gasteiger partial charge in [0.2, 0.25) is 0 Å². The molecule has 0 aliphatic rings. The van der Waals surface area contributed by atoms with Crippen LogP contribution in [-0.2, 0) is 17.6 Å². The van der Waals surface area contributed by atoms with Gasteiger partial charge in [0.15, 0.2) is 0 Å². The molecule has 0 aliphatic heterocycles. The summed E-state index contributed by atoms with van der Waals surface area (Å²) in [5.74, 6) is 0. The molecule has 0 bridgehead atoms. The average molecular weight is 266 g/mol. The fourth-order valence-corrected chi connectivity index (χ4v) is 2.30. The summed E-state index contributed by atoms with van der Waals surface area (Å²) in [5, 5.41) is 10.8. The van der Waals surface area contributed by atoms with Crippen molar-refractivity contribution in [3.63, 3.8) is 0 Å². The minimum Gasteiger partial charge on any atom is -0.385 e. The van der Waals surface area contributed by atoms with Gasteiger partial charge in [-0.2, -0.15) is 0 Å². The third kappa shape index (κ3) is 4.18. The van der Waals surface area contributed by atoms with Gasteiger partial charge in [0, 0.05) is 12.8 Å². The van der Waals surface area contributed by atoms with Crippen LogP contribution in [0.25, 0.3) is 0 Å². The number of benzene rings is 2. The number of allylic oxidation sites excluding steroid dienone is 1. The maximum atomic E-state index is 10.8. The van der Waals surface area contributed by atoms with Gasteiger partial charge in [-0.3, -0.25) is 4.79 Å². The SMILES string of the molecule is O=C/C=C/C(O)(Cc1ccccc1)Cc1ccccc1. The zero-order chi connectivity index (χ0) is 14.3. The van der Waals surface area contributed by atoms with E-state index in [1.54, 1.807) is 6.08 Å². The van der Waals surface area contributed by atoms with Gasteiger partial charge < -0.3 is 5.11 Å². The summed E-state index contributed by atoms with van der Waals surface area (Å²) in [6, 6.07) is 19.6. The largest absolute Gasteiger partial charge is 0.385 e. The van der Waals surface area contributed by atoms with Crippen molar-refractivity contribution >= 4 is 6.29 Å². The fraction of sp³-hybridized carbons (Fsp3) is 0.167. The van der Waals surface area contributed by atoms with Crippen LogP contribution in [0, 0.1) is 0 Å². The molecule has 0 radical (unpaired) electrons. The Hall–Kier alpha value is -2.19. The summed E-state index contributed by atoms with van der Waals surface area (Å²) in [5.41, 5.74) is 1.03. The normalized spacial score (nSPS) is 11.7. The summed E-state index contributed by atoms with van der Waals surface area (Å²) >= 11 is 0. The predicted octanol–water partition coefficient (Wildman–Crippen LogP) is 2.96. The Kier molecular flexibility index (Phi) is 4.85. The van der Waals surface area contributed by atoms with E-state index in [4.69, 9.17) is 0 Å². The molecule has 0 saturated heterocycles. The van der Waals surface area contributed by atoms with E-state index in [1.807, 2.05) is 60.7 Å². The number of rotatable bonds is 6. The molecular weight excluding hydrogens is 248 g/mol. The molecule has 1 N–H and O–H groups in total. The number of aldehydes is 1. The molecule has 2 aromatic rings. The van der Waals surface area contributed by atoms with Crippen LogP contribution in [0.4, 0.5) is 0 Å². The van der Waals surface area contributed by atoms with Crippen molar-refractivity contribution in [2.24, 2.45) is 0 Å². The molecule has 0 amide bonds. The first-order valence-electron chi connectivity index (χ1n) is 6.65. The summed E-state index contributed by atoms with van der Waals surface area (Å²) in [6.45, 7) is 0. The minimum atomic E-state index is -1.05. The van der Waals surface area contributed by atoms with Crippen molar-refractivity contribution in [1.29, 1.82) is 0 Å². The smallest absolute Gasteiger partial charge is 0.142 e. The van der Waals surface area contributed by atoms with Crippen LogP contribution in [0.3, 0.4) is 0 Å². The predicted molar refractivity (Wildman–Crippen MR) is 80.4 cm³/mol. The van der Waals surface area contributed by atoms with Crippen molar-refractivity contribution in [2.45, 2.75) is 18.4 Å². The van der Waals surface area contributed by atoms with Crippen molar-refractivity contribution in [3.05, 3.63) is 83.9 Å². The van der Waals surface area contributed by atoms with Crippen molar-refractivity contribution in [2.75, 3.05) is 0 Å². The number of aliphatic hydroxyl groups is 1. The van der Waals surface area contributed by atoms with Crippen LogP contribution in [0.2, 0.25) is 0 Å². The molecule has 0 saturated carbocycles. The highest BCUT2D eigenvalue weighted by atomic mass is 16.3. The molecule has 102 valence electrons. The first-order chi connectivity index (χ1) is 9.72. The zero-order valence-electron chi connectivity index (χ0n) is 11.3. The maximum absolute atomic E-state index is 10.8.